The topological polar surface area (TPSA) is 12.9 Å². The van der Waals surface area contributed by atoms with Crippen molar-refractivity contribution >= 4 is 10.9 Å². The molecule has 0 atom stereocenters. The molecule has 1 heterocycles. The third-order valence-electron chi connectivity index (χ3n) is 2.13. The smallest absolute Gasteiger partial charge is 0.152 e. The van der Waals surface area contributed by atoms with Gasteiger partial charge in [0.05, 0.1) is 0 Å². The van der Waals surface area contributed by atoms with Crippen molar-refractivity contribution < 1.29 is 8.78 Å². The molecule has 0 aliphatic heterocycles. The molecule has 72 valence electrons. The van der Waals surface area contributed by atoms with Gasteiger partial charge in [0.25, 0.3) is 0 Å². The molecule has 1 nitrogen and oxygen atoms in total. The van der Waals surface area contributed by atoms with E-state index in [4.69, 9.17) is 0 Å². The lowest BCUT2D eigenvalue weighted by Gasteiger charge is -2.01. The number of nitrogens with zero attached hydrogens (tertiary/aromatic N) is 1. The van der Waals surface area contributed by atoms with Crippen molar-refractivity contribution in [2.75, 3.05) is 0 Å². The summed E-state index contributed by atoms with van der Waals surface area (Å²) in [5, 5.41) is 0.500. The Kier molecular flexibility index (Phi) is 2.15. The van der Waals surface area contributed by atoms with Gasteiger partial charge >= 0.3 is 0 Å². The van der Waals surface area contributed by atoms with Crippen LogP contribution in [0.1, 0.15) is 12.6 Å². The molecule has 0 aliphatic rings. The van der Waals surface area contributed by atoms with Crippen LogP contribution in [0.4, 0.5) is 8.78 Å². The zero-order valence-corrected chi connectivity index (χ0v) is 7.72. The molecule has 2 aromatic rings. The van der Waals surface area contributed by atoms with E-state index in [0.29, 0.717) is 5.39 Å². The van der Waals surface area contributed by atoms with E-state index in [0.717, 1.165) is 18.2 Å². The molecule has 0 unspecified atom stereocenters. The Balaban J connectivity index is 2.75. The number of hydrogen-bond acceptors (Lipinski definition) is 1. The van der Waals surface area contributed by atoms with E-state index < -0.39 is 11.6 Å². The van der Waals surface area contributed by atoms with Crippen LogP contribution < -0.4 is 0 Å². The second-order valence-electron chi connectivity index (χ2n) is 3.12. The van der Waals surface area contributed by atoms with Crippen molar-refractivity contribution in [2.45, 2.75) is 13.3 Å². The molecule has 0 bridgehead atoms. The summed E-state index contributed by atoms with van der Waals surface area (Å²) in [5.74, 6) is -1.17. The molecule has 0 saturated carbocycles. The minimum absolute atomic E-state index is 0.241. The minimum Gasteiger partial charge on any atom is -0.250 e. The SMILES string of the molecule is CCc1ccc2cc(F)cc(F)c2n1. The van der Waals surface area contributed by atoms with Gasteiger partial charge in [-0.25, -0.2) is 13.8 Å². The minimum atomic E-state index is -0.602. The molecule has 0 aliphatic carbocycles. The molecular weight excluding hydrogens is 184 g/mol. The molecule has 0 N–H and O–H groups in total. The Bertz CT molecular complexity index is 480. The van der Waals surface area contributed by atoms with Gasteiger partial charge in [-0.1, -0.05) is 13.0 Å². The van der Waals surface area contributed by atoms with Crippen molar-refractivity contribution in [3.8, 4) is 0 Å². The first-order valence-corrected chi connectivity index (χ1v) is 4.45. The Hall–Kier alpha value is -1.51. The van der Waals surface area contributed by atoms with E-state index in [1.807, 2.05) is 6.92 Å². The average Bonchev–Trinajstić information content (AvgIpc) is 2.17. The predicted molar refractivity (Wildman–Crippen MR) is 51.0 cm³/mol. The normalized spacial score (nSPS) is 10.8. The fourth-order valence-electron chi connectivity index (χ4n) is 1.39. The van der Waals surface area contributed by atoms with E-state index in [1.54, 1.807) is 12.1 Å². The lowest BCUT2D eigenvalue weighted by Crippen LogP contribution is -1.91. The van der Waals surface area contributed by atoms with Crippen LogP contribution in [0.15, 0.2) is 24.3 Å². The van der Waals surface area contributed by atoms with Crippen LogP contribution in [0.2, 0.25) is 0 Å². The first-order chi connectivity index (χ1) is 6.70. The maximum absolute atomic E-state index is 13.3. The molecule has 0 amide bonds. The average molecular weight is 193 g/mol. The molecular formula is C11H9F2N. The highest BCUT2D eigenvalue weighted by molar-refractivity contribution is 5.79. The van der Waals surface area contributed by atoms with Gasteiger partial charge in [0.1, 0.15) is 11.3 Å². The van der Waals surface area contributed by atoms with Gasteiger partial charge in [0.2, 0.25) is 0 Å². The Labute approximate surface area is 80.4 Å². The number of halogens is 2. The number of aryl methyl sites for hydroxylation is 1. The van der Waals surface area contributed by atoms with E-state index in [1.165, 1.54) is 6.07 Å². The third kappa shape index (κ3) is 1.45. The second-order valence-corrected chi connectivity index (χ2v) is 3.12. The lowest BCUT2D eigenvalue weighted by molar-refractivity contribution is 0.590. The summed E-state index contributed by atoms with van der Waals surface area (Å²) in [7, 11) is 0. The Morgan fingerprint density at radius 2 is 2.00 bits per heavy atom. The number of benzene rings is 1. The summed E-state index contributed by atoms with van der Waals surface area (Å²) in [6.45, 7) is 1.94. The number of fused-ring (bicyclic) bond motifs is 1. The molecule has 0 fully saturated rings. The zero-order valence-electron chi connectivity index (χ0n) is 7.72. The summed E-state index contributed by atoms with van der Waals surface area (Å²) in [5.41, 5.74) is 1.05. The van der Waals surface area contributed by atoms with Gasteiger partial charge in [-0.05, 0) is 18.6 Å². The highest BCUT2D eigenvalue weighted by Gasteiger charge is 2.05. The Morgan fingerprint density at radius 3 is 2.71 bits per heavy atom. The standard InChI is InChI=1S/C11H9F2N/c1-2-9-4-3-7-5-8(12)6-10(13)11(7)14-9/h3-6H,2H2,1H3. The largest absolute Gasteiger partial charge is 0.250 e. The van der Waals surface area contributed by atoms with Crippen LogP contribution in [-0.2, 0) is 6.42 Å². The van der Waals surface area contributed by atoms with Crippen LogP contribution in [0.3, 0.4) is 0 Å². The van der Waals surface area contributed by atoms with Gasteiger partial charge < -0.3 is 0 Å². The fourth-order valence-corrected chi connectivity index (χ4v) is 1.39. The van der Waals surface area contributed by atoms with Crippen molar-refractivity contribution in [3.63, 3.8) is 0 Å². The van der Waals surface area contributed by atoms with Crippen LogP contribution in [0.5, 0.6) is 0 Å². The summed E-state index contributed by atoms with van der Waals surface area (Å²) >= 11 is 0. The van der Waals surface area contributed by atoms with Crippen LogP contribution in [0, 0.1) is 11.6 Å². The first kappa shape index (κ1) is 9.06. The second kappa shape index (κ2) is 3.33. The highest BCUT2D eigenvalue weighted by Crippen LogP contribution is 2.18. The maximum atomic E-state index is 13.3. The number of hydrogen-bond donors (Lipinski definition) is 0. The molecule has 2 rings (SSSR count). The molecule has 14 heavy (non-hydrogen) atoms. The van der Waals surface area contributed by atoms with Crippen LogP contribution >= 0.6 is 0 Å². The Morgan fingerprint density at radius 1 is 1.21 bits per heavy atom. The molecule has 1 aromatic heterocycles. The van der Waals surface area contributed by atoms with Crippen molar-refractivity contribution in [1.29, 1.82) is 0 Å². The molecule has 0 saturated heterocycles. The molecule has 0 radical (unpaired) electrons. The van der Waals surface area contributed by atoms with Crippen molar-refractivity contribution in [2.24, 2.45) is 0 Å². The van der Waals surface area contributed by atoms with Gasteiger partial charge in [-0.3, -0.25) is 0 Å². The predicted octanol–water partition coefficient (Wildman–Crippen LogP) is 3.08. The number of rotatable bonds is 1. The van der Waals surface area contributed by atoms with Crippen LogP contribution in [-0.4, -0.2) is 4.98 Å². The fraction of sp³-hybridized carbons (Fsp3) is 0.182. The maximum Gasteiger partial charge on any atom is 0.152 e. The summed E-state index contributed by atoms with van der Waals surface area (Å²) in [6.07, 6.45) is 0.743. The molecule has 1 aromatic carbocycles. The molecule has 0 spiro atoms. The van der Waals surface area contributed by atoms with Crippen LogP contribution in [0.25, 0.3) is 10.9 Å². The quantitative estimate of drug-likeness (QED) is 0.678. The van der Waals surface area contributed by atoms with Gasteiger partial charge in [0.15, 0.2) is 5.82 Å². The number of aromatic nitrogens is 1. The summed E-state index contributed by atoms with van der Waals surface area (Å²) < 4.78 is 26.1. The highest BCUT2D eigenvalue weighted by atomic mass is 19.1. The van der Waals surface area contributed by atoms with Crippen molar-refractivity contribution in [3.05, 3.63) is 41.6 Å². The zero-order chi connectivity index (χ0) is 10.1. The van der Waals surface area contributed by atoms with Gasteiger partial charge in [0, 0.05) is 17.1 Å². The molecule has 3 heteroatoms. The summed E-state index contributed by atoms with van der Waals surface area (Å²) in [6, 6.07) is 5.61. The van der Waals surface area contributed by atoms with Crippen molar-refractivity contribution in [1.82, 2.24) is 4.98 Å². The first-order valence-electron chi connectivity index (χ1n) is 4.45. The third-order valence-corrected chi connectivity index (χ3v) is 2.13. The van der Waals surface area contributed by atoms with E-state index >= 15 is 0 Å². The van der Waals surface area contributed by atoms with E-state index in [9.17, 15) is 8.78 Å². The number of pyridine rings is 1. The van der Waals surface area contributed by atoms with E-state index in [2.05, 4.69) is 4.98 Å². The van der Waals surface area contributed by atoms with Gasteiger partial charge in [-0.2, -0.15) is 0 Å². The lowest BCUT2D eigenvalue weighted by atomic mass is 10.2. The monoisotopic (exact) mass is 193 g/mol. The van der Waals surface area contributed by atoms with Gasteiger partial charge in [-0.15, -0.1) is 0 Å². The summed E-state index contributed by atoms with van der Waals surface area (Å²) in [4.78, 5) is 4.09. The van der Waals surface area contributed by atoms with E-state index in [-0.39, 0.29) is 5.52 Å².